The largest absolute Gasteiger partial charge is 0.337 e. The Morgan fingerprint density at radius 3 is 2.50 bits per heavy atom. The summed E-state index contributed by atoms with van der Waals surface area (Å²) in [6, 6.07) is 0. The summed E-state index contributed by atoms with van der Waals surface area (Å²) in [4.78, 5) is 11.3. The fourth-order valence-corrected chi connectivity index (χ4v) is 1.82. The van der Waals surface area contributed by atoms with Crippen LogP contribution in [0.25, 0.3) is 0 Å². The van der Waals surface area contributed by atoms with Crippen LogP contribution in [0.4, 0.5) is 5.95 Å². The summed E-state index contributed by atoms with van der Waals surface area (Å²) in [5.74, 6) is 0.785. The van der Waals surface area contributed by atoms with E-state index in [2.05, 4.69) is 54.5 Å². The molecule has 0 amide bonds. The Labute approximate surface area is 123 Å². The zero-order valence-electron chi connectivity index (χ0n) is 13.7. The van der Waals surface area contributed by atoms with Gasteiger partial charge in [-0.1, -0.05) is 12.2 Å². The second-order valence-corrected chi connectivity index (χ2v) is 6.36. The number of nitrogens with zero attached hydrogens (tertiary/aromatic N) is 3. The smallest absolute Gasteiger partial charge is 0.225 e. The molecule has 0 unspecified atom stereocenters. The number of aromatic nitrogens is 2. The molecule has 0 atom stereocenters. The molecule has 0 saturated heterocycles. The van der Waals surface area contributed by atoms with Crippen molar-refractivity contribution >= 4 is 5.95 Å². The Balaban J connectivity index is 2.83. The number of anilines is 1. The maximum Gasteiger partial charge on any atom is 0.225 e. The van der Waals surface area contributed by atoms with E-state index in [1.54, 1.807) is 0 Å². The summed E-state index contributed by atoms with van der Waals surface area (Å²) in [5, 5.41) is 3.47. The zero-order valence-corrected chi connectivity index (χ0v) is 13.7. The Morgan fingerprint density at radius 2 is 2.05 bits per heavy atom. The SMILES string of the molecule is C=C(C)CN(CC)c1ncc(CNC(C)(C)C)c(C)n1. The van der Waals surface area contributed by atoms with Crippen molar-refractivity contribution in [1.82, 2.24) is 15.3 Å². The van der Waals surface area contributed by atoms with Crippen molar-refractivity contribution in [3.8, 4) is 0 Å². The van der Waals surface area contributed by atoms with Crippen molar-refractivity contribution in [2.24, 2.45) is 0 Å². The molecular formula is C16H28N4. The van der Waals surface area contributed by atoms with E-state index in [0.717, 1.165) is 42.4 Å². The van der Waals surface area contributed by atoms with Gasteiger partial charge in [0.25, 0.3) is 0 Å². The van der Waals surface area contributed by atoms with Crippen molar-refractivity contribution in [2.75, 3.05) is 18.0 Å². The molecule has 1 heterocycles. The average molecular weight is 276 g/mol. The summed E-state index contributed by atoms with van der Waals surface area (Å²) in [6.07, 6.45) is 1.93. The van der Waals surface area contributed by atoms with E-state index in [1.165, 1.54) is 0 Å². The van der Waals surface area contributed by atoms with Gasteiger partial charge in [-0.3, -0.25) is 0 Å². The van der Waals surface area contributed by atoms with Gasteiger partial charge >= 0.3 is 0 Å². The summed E-state index contributed by atoms with van der Waals surface area (Å²) in [7, 11) is 0. The number of aryl methyl sites for hydroxylation is 1. The Bertz CT molecular complexity index is 460. The van der Waals surface area contributed by atoms with Crippen LogP contribution in [-0.4, -0.2) is 28.6 Å². The van der Waals surface area contributed by atoms with Gasteiger partial charge in [0.15, 0.2) is 0 Å². The lowest BCUT2D eigenvalue weighted by Gasteiger charge is -2.23. The van der Waals surface area contributed by atoms with E-state index >= 15 is 0 Å². The van der Waals surface area contributed by atoms with Crippen molar-refractivity contribution in [2.45, 2.75) is 53.6 Å². The molecule has 4 nitrogen and oxygen atoms in total. The van der Waals surface area contributed by atoms with E-state index in [-0.39, 0.29) is 5.54 Å². The third kappa shape index (κ3) is 5.29. The minimum atomic E-state index is 0.0977. The molecule has 1 N–H and O–H groups in total. The van der Waals surface area contributed by atoms with Crippen molar-refractivity contribution in [3.05, 3.63) is 29.6 Å². The zero-order chi connectivity index (χ0) is 15.3. The highest BCUT2D eigenvalue weighted by atomic mass is 15.2. The van der Waals surface area contributed by atoms with E-state index in [1.807, 2.05) is 20.0 Å². The van der Waals surface area contributed by atoms with Gasteiger partial charge in [-0.2, -0.15) is 0 Å². The lowest BCUT2D eigenvalue weighted by Crippen LogP contribution is -2.35. The molecular weight excluding hydrogens is 248 g/mol. The third-order valence-electron chi connectivity index (χ3n) is 3.00. The predicted molar refractivity (Wildman–Crippen MR) is 86.1 cm³/mol. The van der Waals surface area contributed by atoms with Crippen LogP contribution in [0, 0.1) is 6.92 Å². The molecule has 0 aromatic carbocycles. The lowest BCUT2D eigenvalue weighted by atomic mass is 10.1. The Kier molecular flexibility index (Phi) is 5.69. The molecule has 0 spiro atoms. The number of nitrogens with one attached hydrogen (secondary N) is 1. The van der Waals surface area contributed by atoms with Crippen LogP contribution in [0.1, 0.15) is 45.9 Å². The van der Waals surface area contributed by atoms with Gasteiger partial charge in [0, 0.05) is 42.6 Å². The minimum Gasteiger partial charge on any atom is -0.337 e. The highest BCUT2D eigenvalue weighted by molar-refractivity contribution is 5.34. The van der Waals surface area contributed by atoms with Gasteiger partial charge in [-0.15, -0.1) is 0 Å². The fourth-order valence-electron chi connectivity index (χ4n) is 1.82. The van der Waals surface area contributed by atoms with Crippen LogP contribution in [0.5, 0.6) is 0 Å². The van der Waals surface area contributed by atoms with Gasteiger partial charge in [-0.05, 0) is 41.5 Å². The molecule has 4 heteroatoms. The predicted octanol–water partition coefficient (Wildman–Crippen LogP) is 3.08. The summed E-state index contributed by atoms with van der Waals surface area (Å²) in [6.45, 7) is 19.1. The van der Waals surface area contributed by atoms with Crippen molar-refractivity contribution in [1.29, 1.82) is 0 Å². The third-order valence-corrected chi connectivity index (χ3v) is 3.00. The van der Waals surface area contributed by atoms with Gasteiger partial charge in [0.05, 0.1) is 0 Å². The molecule has 112 valence electrons. The minimum absolute atomic E-state index is 0.0977. The normalized spacial score (nSPS) is 11.5. The topological polar surface area (TPSA) is 41.1 Å². The lowest BCUT2D eigenvalue weighted by molar-refractivity contribution is 0.423. The van der Waals surface area contributed by atoms with Crippen LogP contribution in [0.2, 0.25) is 0 Å². The standard InChI is InChI=1S/C16H28N4/c1-8-20(11-12(2)3)15-17-9-14(13(4)19-15)10-18-16(5,6)7/h9,18H,2,8,10-11H2,1,3-7H3. The van der Waals surface area contributed by atoms with Gasteiger partial charge in [0.2, 0.25) is 5.95 Å². The molecule has 1 rings (SSSR count). The van der Waals surface area contributed by atoms with Gasteiger partial charge < -0.3 is 10.2 Å². The maximum atomic E-state index is 4.63. The van der Waals surface area contributed by atoms with Gasteiger partial charge in [-0.25, -0.2) is 9.97 Å². The fraction of sp³-hybridized carbons (Fsp3) is 0.625. The average Bonchev–Trinajstić information content (AvgIpc) is 2.33. The van der Waals surface area contributed by atoms with E-state index < -0.39 is 0 Å². The molecule has 0 aliphatic carbocycles. The summed E-state index contributed by atoms with van der Waals surface area (Å²) in [5.41, 5.74) is 3.40. The molecule has 0 aliphatic heterocycles. The van der Waals surface area contributed by atoms with Crippen LogP contribution in [0.15, 0.2) is 18.3 Å². The Hall–Kier alpha value is -1.42. The first-order valence-electron chi connectivity index (χ1n) is 7.20. The molecule has 0 saturated carbocycles. The van der Waals surface area contributed by atoms with Crippen molar-refractivity contribution in [3.63, 3.8) is 0 Å². The first-order valence-corrected chi connectivity index (χ1v) is 7.20. The number of likely N-dealkylation sites (N-methyl/N-ethyl adjacent to an activating group) is 1. The molecule has 0 fully saturated rings. The summed E-state index contributed by atoms with van der Waals surface area (Å²) < 4.78 is 0. The molecule has 20 heavy (non-hydrogen) atoms. The number of rotatable bonds is 6. The van der Waals surface area contributed by atoms with Gasteiger partial charge in [0.1, 0.15) is 0 Å². The number of hydrogen-bond acceptors (Lipinski definition) is 4. The maximum absolute atomic E-state index is 4.63. The number of hydrogen-bond donors (Lipinski definition) is 1. The van der Waals surface area contributed by atoms with Crippen LogP contribution >= 0.6 is 0 Å². The van der Waals surface area contributed by atoms with E-state index in [9.17, 15) is 0 Å². The van der Waals surface area contributed by atoms with Crippen molar-refractivity contribution < 1.29 is 0 Å². The first kappa shape index (κ1) is 16.6. The van der Waals surface area contributed by atoms with E-state index in [4.69, 9.17) is 0 Å². The molecule has 0 bridgehead atoms. The highest BCUT2D eigenvalue weighted by Gasteiger charge is 2.12. The molecule has 1 aromatic rings. The quantitative estimate of drug-likeness (QED) is 0.811. The molecule has 0 aliphatic rings. The van der Waals surface area contributed by atoms with Crippen LogP contribution in [0.3, 0.4) is 0 Å². The van der Waals surface area contributed by atoms with Crippen LogP contribution < -0.4 is 10.2 Å². The monoisotopic (exact) mass is 276 g/mol. The highest BCUT2D eigenvalue weighted by Crippen LogP contribution is 2.13. The molecule has 1 aromatic heterocycles. The first-order chi connectivity index (χ1) is 9.23. The second-order valence-electron chi connectivity index (χ2n) is 6.36. The Morgan fingerprint density at radius 1 is 1.40 bits per heavy atom. The molecule has 0 radical (unpaired) electrons. The summed E-state index contributed by atoms with van der Waals surface area (Å²) >= 11 is 0. The van der Waals surface area contributed by atoms with E-state index in [0.29, 0.717) is 0 Å². The van der Waals surface area contributed by atoms with Crippen LogP contribution in [-0.2, 0) is 6.54 Å². The second kappa shape index (κ2) is 6.84.